The van der Waals surface area contributed by atoms with Crippen molar-refractivity contribution in [2.75, 3.05) is 6.54 Å². The lowest BCUT2D eigenvalue weighted by molar-refractivity contribution is -0.149. The Labute approximate surface area is 122 Å². The first kappa shape index (κ1) is 13.6. The minimum atomic E-state index is -0.727. The van der Waals surface area contributed by atoms with Crippen molar-refractivity contribution in [1.29, 1.82) is 0 Å². The van der Waals surface area contributed by atoms with Gasteiger partial charge in [0.1, 0.15) is 5.54 Å². The minimum Gasteiger partial charge on any atom is -0.480 e. The van der Waals surface area contributed by atoms with Crippen molar-refractivity contribution >= 4 is 27.4 Å². The van der Waals surface area contributed by atoms with Gasteiger partial charge in [-0.05, 0) is 50.8 Å². The topological polar surface area (TPSA) is 40.5 Å². The summed E-state index contributed by atoms with van der Waals surface area (Å²) in [6, 6.07) is 10.7. The van der Waals surface area contributed by atoms with Crippen LogP contribution in [0.25, 0.3) is 10.1 Å². The highest BCUT2D eigenvalue weighted by atomic mass is 32.1. The molecule has 1 aliphatic rings. The number of hydrogen-bond donors (Lipinski definition) is 1. The average Bonchev–Trinajstić information content (AvgIpc) is 3.02. The van der Waals surface area contributed by atoms with Crippen molar-refractivity contribution in [3.05, 3.63) is 35.2 Å². The van der Waals surface area contributed by atoms with Crippen LogP contribution >= 0.6 is 11.3 Å². The van der Waals surface area contributed by atoms with Gasteiger partial charge in [0.25, 0.3) is 0 Å². The Bertz CT molecular complexity index is 618. The zero-order valence-electron chi connectivity index (χ0n) is 11.8. The van der Waals surface area contributed by atoms with E-state index in [9.17, 15) is 9.90 Å². The monoisotopic (exact) mass is 289 g/mol. The average molecular weight is 289 g/mol. The summed E-state index contributed by atoms with van der Waals surface area (Å²) in [6.45, 7) is 4.83. The van der Waals surface area contributed by atoms with Gasteiger partial charge in [0.05, 0.1) is 0 Å². The van der Waals surface area contributed by atoms with E-state index in [4.69, 9.17) is 0 Å². The second-order valence-corrected chi connectivity index (χ2v) is 6.85. The normalized spacial score (nSPS) is 25.1. The lowest BCUT2D eigenvalue weighted by atomic mass is 9.97. The predicted octanol–water partition coefficient (Wildman–Crippen LogP) is 3.90. The molecule has 20 heavy (non-hydrogen) atoms. The van der Waals surface area contributed by atoms with Crippen molar-refractivity contribution in [1.82, 2.24) is 4.90 Å². The lowest BCUT2D eigenvalue weighted by Gasteiger charge is -2.35. The largest absolute Gasteiger partial charge is 0.480 e. The van der Waals surface area contributed by atoms with E-state index in [1.54, 1.807) is 11.3 Å². The zero-order chi connectivity index (χ0) is 14.3. The first-order valence-electron chi connectivity index (χ1n) is 7.01. The number of aliphatic carboxylic acids is 1. The highest BCUT2D eigenvalue weighted by Crippen LogP contribution is 2.40. The molecule has 4 heteroatoms. The van der Waals surface area contributed by atoms with E-state index < -0.39 is 11.5 Å². The Balaban J connectivity index is 1.95. The van der Waals surface area contributed by atoms with Crippen LogP contribution in [0.1, 0.15) is 37.6 Å². The summed E-state index contributed by atoms with van der Waals surface area (Å²) in [5.74, 6) is -0.706. The second kappa shape index (κ2) is 4.86. The maximum Gasteiger partial charge on any atom is 0.323 e. The summed E-state index contributed by atoms with van der Waals surface area (Å²) in [5.41, 5.74) is -0.727. The van der Waals surface area contributed by atoms with Gasteiger partial charge in [-0.15, -0.1) is 11.3 Å². The van der Waals surface area contributed by atoms with Gasteiger partial charge in [0.2, 0.25) is 0 Å². The van der Waals surface area contributed by atoms with Crippen molar-refractivity contribution in [2.45, 2.75) is 38.3 Å². The summed E-state index contributed by atoms with van der Waals surface area (Å²) in [4.78, 5) is 15.0. The van der Waals surface area contributed by atoms with Gasteiger partial charge in [-0.3, -0.25) is 9.69 Å². The number of carboxylic acids is 1. The van der Waals surface area contributed by atoms with Gasteiger partial charge in [-0.2, -0.15) is 0 Å². The molecule has 0 aliphatic carbocycles. The maximum absolute atomic E-state index is 11.6. The Morgan fingerprint density at radius 2 is 2.20 bits per heavy atom. The standard InChI is InChI=1S/C16H19NO2S/c1-11(17-9-5-8-16(17,2)15(18)19)14-10-12-6-3-4-7-13(12)20-14/h3-4,6-7,10-11H,5,8-9H2,1-2H3,(H,18,19). The summed E-state index contributed by atoms with van der Waals surface area (Å²) in [7, 11) is 0. The van der Waals surface area contributed by atoms with Crippen LogP contribution in [0.5, 0.6) is 0 Å². The number of benzene rings is 1. The number of carboxylic acid groups (broad SMARTS) is 1. The van der Waals surface area contributed by atoms with Crippen LogP contribution in [-0.4, -0.2) is 28.1 Å². The van der Waals surface area contributed by atoms with E-state index in [0.717, 1.165) is 19.4 Å². The Kier molecular flexibility index (Phi) is 3.30. The third-order valence-electron chi connectivity index (χ3n) is 4.48. The van der Waals surface area contributed by atoms with Gasteiger partial charge in [-0.1, -0.05) is 18.2 Å². The molecule has 3 nitrogen and oxygen atoms in total. The third-order valence-corrected chi connectivity index (χ3v) is 5.77. The van der Waals surface area contributed by atoms with Gasteiger partial charge < -0.3 is 5.11 Å². The number of hydrogen-bond acceptors (Lipinski definition) is 3. The fraction of sp³-hybridized carbons (Fsp3) is 0.438. The van der Waals surface area contributed by atoms with Crippen molar-refractivity contribution in [3.63, 3.8) is 0 Å². The molecule has 2 unspecified atom stereocenters. The predicted molar refractivity (Wildman–Crippen MR) is 82.2 cm³/mol. The number of nitrogens with zero attached hydrogens (tertiary/aromatic N) is 1. The molecule has 0 spiro atoms. The molecule has 2 heterocycles. The molecule has 1 saturated heterocycles. The Morgan fingerprint density at radius 3 is 2.90 bits per heavy atom. The van der Waals surface area contributed by atoms with E-state index >= 15 is 0 Å². The molecule has 0 radical (unpaired) electrons. The third kappa shape index (κ3) is 2.03. The molecule has 3 rings (SSSR count). The SMILES string of the molecule is CC(c1cc2ccccc2s1)N1CCCC1(C)C(=O)O. The number of thiophene rings is 1. The van der Waals surface area contributed by atoms with E-state index in [0.29, 0.717) is 0 Å². The Hall–Kier alpha value is -1.39. The molecule has 1 aliphatic heterocycles. The second-order valence-electron chi connectivity index (χ2n) is 5.74. The van der Waals surface area contributed by atoms with Crippen LogP contribution in [0.15, 0.2) is 30.3 Å². The molecular weight excluding hydrogens is 270 g/mol. The summed E-state index contributed by atoms with van der Waals surface area (Å²) in [5, 5.41) is 10.8. The van der Waals surface area contributed by atoms with Crippen molar-refractivity contribution < 1.29 is 9.90 Å². The zero-order valence-corrected chi connectivity index (χ0v) is 12.6. The van der Waals surface area contributed by atoms with Gasteiger partial charge in [0, 0.05) is 15.6 Å². The number of likely N-dealkylation sites (tertiary alicyclic amines) is 1. The Morgan fingerprint density at radius 1 is 1.45 bits per heavy atom. The van der Waals surface area contributed by atoms with Crippen molar-refractivity contribution in [2.24, 2.45) is 0 Å². The maximum atomic E-state index is 11.6. The number of carbonyl (C=O) groups is 1. The van der Waals surface area contributed by atoms with Crippen LogP contribution in [0, 0.1) is 0 Å². The van der Waals surface area contributed by atoms with Gasteiger partial charge in [-0.25, -0.2) is 0 Å². The summed E-state index contributed by atoms with van der Waals surface area (Å²) >= 11 is 1.77. The van der Waals surface area contributed by atoms with E-state index in [1.165, 1.54) is 15.0 Å². The van der Waals surface area contributed by atoms with Crippen LogP contribution < -0.4 is 0 Å². The fourth-order valence-corrected chi connectivity index (χ4v) is 4.33. The fourth-order valence-electron chi connectivity index (χ4n) is 3.20. The first-order valence-corrected chi connectivity index (χ1v) is 7.82. The van der Waals surface area contributed by atoms with Crippen LogP contribution in [0.4, 0.5) is 0 Å². The molecule has 0 amide bonds. The molecule has 1 fully saturated rings. The molecule has 0 bridgehead atoms. The molecule has 2 atom stereocenters. The molecular formula is C16H19NO2S. The lowest BCUT2D eigenvalue weighted by Crippen LogP contribution is -2.48. The molecule has 106 valence electrons. The van der Waals surface area contributed by atoms with Crippen LogP contribution in [0.3, 0.4) is 0 Å². The molecule has 1 aromatic heterocycles. The number of fused-ring (bicyclic) bond motifs is 1. The summed E-state index contributed by atoms with van der Waals surface area (Å²) in [6.07, 6.45) is 1.69. The highest BCUT2D eigenvalue weighted by molar-refractivity contribution is 7.19. The van der Waals surface area contributed by atoms with E-state index in [2.05, 4.69) is 30.0 Å². The summed E-state index contributed by atoms with van der Waals surface area (Å²) < 4.78 is 1.27. The van der Waals surface area contributed by atoms with Crippen LogP contribution in [0.2, 0.25) is 0 Å². The minimum absolute atomic E-state index is 0.149. The van der Waals surface area contributed by atoms with Gasteiger partial charge in [0.15, 0.2) is 0 Å². The van der Waals surface area contributed by atoms with E-state index in [1.807, 2.05) is 19.1 Å². The highest BCUT2D eigenvalue weighted by Gasteiger charge is 2.45. The van der Waals surface area contributed by atoms with E-state index in [-0.39, 0.29) is 6.04 Å². The quantitative estimate of drug-likeness (QED) is 0.931. The smallest absolute Gasteiger partial charge is 0.323 e. The van der Waals surface area contributed by atoms with Crippen molar-refractivity contribution in [3.8, 4) is 0 Å². The number of rotatable bonds is 3. The molecule has 2 aromatic rings. The first-order chi connectivity index (χ1) is 9.52. The van der Waals surface area contributed by atoms with Crippen LogP contribution in [-0.2, 0) is 4.79 Å². The van der Waals surface area contributed by atoms with Gasteiger partial charge >= 0.3 is 5.97 Å². The molecule has 0 saturated carbocycles. The molecule has 1 N–H and O–H groups in total. The molecule has 1 aromatic carbocycles.